The summed E-state index contributed by atoms with van der Waals surface area (Å²) >= 11 is 0. The van der Waals surface area contributed by atoms with Crippen LogP contribution in [0.4, 0.5) is 0 Å². The summed E-state index contributed by atoms with van der Waals surface area (Å²) < 4.78 is 0. The third-order valence-electron chi connectivity index (χ3n) is 5.96. The third-order valence-corrected chi connectivity index (χ3v) is 5.96. The van der Waals surface area contributed by atoms with E-state index in [1.807, 2.05) is 0 Å². The van der Waals surface area contributed by atoms with Crippen molar-refractivity contribution in [1.29, 1.82) is 0 Å². The first-order valence-electron chi connectivity index (χ1n) is 8.77. The smallest absolute Gasteiger partial charge is 0.103 e. The lowest BCUT2D eigenvalue weighted by Gasteiger charge is -2.40. The molecule has 1 aromatic carbocycles. The van der Waals surface area contributed by atoms with Crippen molar-refractivity contribution in [2.45, 2.75) is 44.3 Å². The number of nitrogens with one attached hydrogen (secondary N) is 1. The summed E-state index contributed by atoms with van der Waals surface area (Å²) in [5.74, 6) is 1.93. The van der Waals surface area contributed by atoms with Crippen molar-refractivity contribution >= 4 is 0 Å². The first-order chi connectivity index (χ1) is 10.4. The van der Waals surface area contributed by atoms with Crippen molar-refractivity contribution in [2.75, 3.05) is 13.1 Å². The number of piperidine rings is 1. The maximum absolute atomic E-state index is 2.73. The van der Waals surface area contributed by atoms with Gasteiger partial charge in [0.1, 0.15) is 6.54 Å². The van der Waals surface area contributed by atoms with Gasteiger partial charge in [0.25, 0.3) is 0 Å². The summed E-state index contributed by atoms with van der Waals surface area (Å²) in [5, 5.41) is 2.73. The molecule has 0 radical (unpaired) electrons. The molecule has 0 unspecified atom stereocenters. The molecule has 0 amide bonds. The van der Waals surface area contributed by atoms with E-state index in [0.717, 1.165) is 23.9 Å². The molecular weight excluding hydrogens is 256 g/mol. The molecule has 0 bridgehead atoms. The molecule has 2 nitrogen and oxygen atoms in total. The fourth-order valence-electron chi connectivity index (χ4n) is 4.64. The molecule has 0 aromatic heterocycles. The van der Waals surface area contributed by atoms with Gasteiger partial charge in [-0.15, -0.1) is 0 Å². The highest BCUT2D eigenvalue weighted by Crippen LogP contribution is 2.40. The van der Waals surface area contributed by atoms with Crippen LogP contribution in [-0.4, -0.2) is 25.2 Å². The minimum atomic E-state index is 0.893. The van der Waals surface area contributed by atoms with E-state index in [0.29, 0.717) is 0 Å². The van der Waals surface area contributed by atoms with Crippen LogP contribution in [0.1, 0.15) is 31.2 Å². The molecule has 1 aromatic rings. The zero-order valence-corrected chi connectivity index (χ0v) is 12.9. The fraction of sp³-hybridized carbons (Fsp3) is 0.579. The number of nitrogens with two attached hydrogens (primary N) is 1. The lowest BCUT2D eigenvalue weighted by Crippen LogP contribution is -3.14. The van der Waals surface area contributed by atoms with Crippen molar-refractivity contribution in [3.8, 4) is 0 Å². The van der Waals surface area contributed by atoms with Crippen LogP contribution < -0.4 is 10.2 Å². The predicted molar refractivity (Wildman–Crippen MR) is 84.9 cm³/mol. The van der Waals surface area contributed by atoms with Crippen LogP contribution in [0.5, 0.6) is 0 Å². The van der Waals surface area contributed by atoms with Gasteiger partial charge in [-0.25, -0.2) is 0 Å². The quantitative estimate of drug-likeness (QED) is 0.762. The third kappa shape index (κ3) is 2.93. The monoisotopic (exact) mass is 284 g/mol. The van der Waals surface area contributed by atoms with Gasteiger partial charge in [-0.2, -0.15) is 0 Å². The van der Waals surface area contributed by atoms with Crippen LogP contribution >= 0.6 is 0 Å². The van der Waals surface area contributed by atoms with Gasteiger partial charge >= 0.3 is 0 Å². The van der Waals surface area contributed by atoms with Gasteiger partial charge in [-0.3, -0.25) is 0 Å². The molecule has 21 heavy (non-hydrogen) atoms. The summed E-state index contributed by atoms with van der Waals surface area (Å²) in [6, 6.07) is 12.8. The van der Waals surface area contributed by atoms with Crippen molar-refractivity contribution in [3.05, 3.63) is 48.0 Å². The fourth-order valence-corrected chi connectivity index (χ4v) is 4.64. The number of allylic oxidation sites excluding steroid dienone is 1. The average Bonchev–Trinajstić information content (AvgIpc) is 2.89. The first-order valence-corrected chi connectivity index (χ1v) is 8.77. The molecule has 3 N–H and O–H groups in total. The van der Waals surface area contributed by atoms with Gasteiger partial charge in [-0.05, 0) is 12.3 Å². The van der Waals surface area contributed by atoms with E-state index in [-0.39, 0.29) is 0 Å². The zero-order chi connectivity index (χ0) is 14.1. The first kappa shape index (κ1) is 13.5. The molecular formula is C19H28N2+2. The summed E-state index contributed by atoms with van der Waals surface area (Å²) in [6.45, 7) is 3.92. The van der Waals surface area contributed by atoms with E-state index in [2.05, 4.69) is 47.8 Å². The molecule has 3 atom stereocenters. The van der Waals surface area contributed by atoms with E-state index < -0.39 is 0 Å². The van der Waals surface area contributed by atoms with Crippen LogP contribution in [-0.2, 0) is 6.54 Å². The van der Waals surface area contributed by atoms with E-state index >= 15 is 0 Å². The molecule has 1 saturated heterocycles. The van der Waals surface area contributed by atoms with Crippen LogP contribution in [0, 0.1) is 11.8 Å². The molecule has 1 aliphatic heterocycles. The average molecular weight is 284 g/mol. The number of rotatable bonds is 4. The molecule has 1 heterocycles. The SMILES string of the molecule is C1=C[C@H]2[C@@H](C1)C[C@@H]2[NH2+]C1CC[NH+](Cc2ccccc2)CC1. The van der Waals surface area contributed by atoms with Gasteiger partial charge in [-0.1, -0.05) is 42.5 Å². The highest BCUT2D eigenvalue weighted by molar-refractivity contribution is 5.13. The number of benzene rings is 1. The lowest BCUT2D eigenvalue weighted by molar-refractivity contribution is -0.927. The molecule has 2 aliphatic carbocycles. The van der Waals surface area contributed by atoms with Crippen molar-refractivity contribution < 1.29 is 10.2 Å². The van der Waals surface area contributed by atoms with E-state index in [1.165, 1.54) is 50.9 Å². The summed E-state index contributed by atoms with van der Waals surface area (Å²) in [6.07, 6.45) is 10.5. The molecule has 3 aliphatic rings. The maximum atomic E-state index is 2.73. The molecule has 2 heteroatoms. The Balaban J connectivity index is 1.23. The van der Waals surface area contributed by atoms with E-state index in [1.54, 1.807) is 4.90 Å². The Bertz CT molecular complexity index is 488. The Morgan fingerprint density at radius 1 is 1.10 bits per heavy atom. The van der Waals surface area contributed by atoms with Crippen molar-refractivity contribution in [2.24, 2.45) is 11.8 Å². The Kier molecular flexibility index (Phi) is 3.83. The van der Waals surface area contributed by atoms with Crippen LogP contribution in [0.15, 0.2) is 42.5 Å². The van der Waals surface area contributed by atoms with E-state index in [4.69, 9.17) is 0 Å². The normalized spacial score (nSPS) is 38.0. The maximum Gasteiger partial charge on any atom is 0.103 e. The highest BCUT2D eigenvalue weighted by Gasteiger charge is 2.45. The van der Waals surface area contributed by atoms with Crippen LogP contribution in [0.3, 0.4) is 0 Å². The minimum absolute atomic E-state index is 0.893. The Labute approximate surface area is 128 Å². The number of likely N-dealkylation sites (tertiary alicyclic amines) is 1. The lowest BCUT2D eigenvalue weighted by atomic mass is 9.71. The van der Waals surface area contributed by atoms with Crippen LogP contribution in [0.2, 0.25) is 0 Å². The molecule has 2 fully saturated rings. The predicted octanol–water partition coefficient (Wildman–Crippen LogP) is 0.762. The number of fused-ring (bicyclic) bond motifs is 1. The van der Waals surface area contributed by atoms with Gasteiger partial charge in [0.05, 0.1) is 25.2 Å². The van der Waals surface area contributed by atoms with Gasteiger partial charge < -0.3 is 10.2 Å². The summed E-state index contributed by atoms with van der Waals surface area (Å²) in [5.41, 5.74) is 1.49. The van der Waals surface area contributed by atoms with Gasteiger partial charge in [0.15, 0.2) is 0 Å². The number of hydrogen-bond donors (Lipinski definition) is 2. The Morgan fingerprint density at radius 2 is 1.90 bits per heavy atom. The number of quaternary nitrogens is 2. The highest BCUT2D eigenvalue weighted by atomic mass is 15.1. The minimum Gasteiger partial charge on any atom is -0.341 e. The second-order valence-corrected chi connectivity index (χ2v) is 7.34. The van der Waals surface area contributed by atoms with Gasteiger partial charge in [0, 0.05) is 30.7 Å². The Morgan fingerprint density at radius 3 is 2.67 bits per heavy atom. The molecule has 4 rings (SSSR count). The number of hydrogen-bond acceptors (Lipinski definition) is 0. The van der Waals surface area contributed by atoms with Gasteiger partial charge in [0.2, 0.25) is 0 Å². The molecule has 112 valence electrons. The van der Waals surface area contributed by atoms with Crippen molar-refractivity contribution in [1.82, 2.24) is 0 Å². The van der Waals surface area contributed by atoms with Crippen molar-refractivity contribution in [3.63, 3.8) is 0 Å². The molecule has 0 spiro atoms. The zero-order valence-electron chi connectivity index (χ0n) is 12.9. The second-order valence-electron chi connectivity index (χ2n) is 7.34. The summed E-state index contributed by atoms with van der Waals surface area (Å²) in [4.78, 5) is 1.78. The van der Waals surface area contributed by atoms with Crippen LogP contribution in [0.25, 0.3) is 0 Å². The Hall–Kier alpha value is -1.12. The standard InChI is InChI=1S/C19H26N2/c1-2-5-15(6-3-1)14-21-11-9-17(10-12-21)20-19-13-16-7-4-8-18(16)19/h1-6,8,16-20H,7,9-14H2/p+2/t16-,18-,19-/m0/s1. The van der Waals surface area contributed by atoms with E-state index in [9.17, 15) is 0 Å². The second kappa shape index (κ2) is 5.94. The topological polar surface area (TPSA) is 21.1 Å². The summed E-state index contributed by atoms with van der Waals surface area (Å²) in [7, 11) is 0. The molecule has 1 saturated carbocycles. The largest absolute Gasteiger partial charge is 0.341 e.